The van der Waals surface area contributed by atoms with Crippen LogP contribution in [0.1, 0.15) is 39.3 Å². The number of carbonyl (C=O) groups is 2. The Morgan fingerprint density at radius 1 is 1.52 bits per heavy atom. The van der Waals surface area contributed by atoms with E-state index in [0.717, 1.165) is 0 Å². The van der Waals surface area contributed by atoms with Gasteiger partial charge in [0.05, 0.1) is 24.7 Å². The van der Waals surface area contributed by atoms with Gasteiger partial charge in [0.1, 0.15) is 11.6 Å². The van der Waals surface area contributed by atoms with Crippen molar-refractivity contribution in [1.82, 2.24) is 9.55 Å². The van der Waals surface area contributed by atoms with Gasteiger partial charge in [0, 0.05) is 18.9 Å². The molecule has 2 aromatic rings. The quantitative estimate of drug-likeness (QED) is 0.628. The highest BCUT2D eigenvalue weighted by Crippen LogP contribution is 2.24. The summed E-state index contributed by atoms with van der Waals surface area (Å²) < 4.78 is 46.9. The van der Waals surface area contributed by atoms with Gasteiger partial charge in [-0.25, -0.2) is 4.98 Å². The summed E-state index contributed by atoms with van der Waals surface area (Å²) in [6.45, 7) is -2.88. The van der Waals surface area contributed by atoms with E-state index in [1.165, 1.54) is 12.1 Å². The molecular weight excluding hydrogens is 270 g/mol. The lowest BCUT2D eigenvalue weighted by molar-refractivity contribution is -0.132. The van der Waals surface area contributed by atoms with Crippen LogP contribution in [0.25, 0.3) is 10.9 Å². The zero-order valence-electron chi connectivity index (χ0n) is 16.8. The van der Waals surface area contributed by atoms with Gasteiger partial charge in [0.15, 0.2) is 5.78 Å². The summed E-state index contributed by atoms with van der Waals surface area (Å²) in [5.41, 5.74) is 4.57. The molecule has 1 saturated carbocycles. The minimum Gasteiger partial charge on any atom is -0.398 e. The normalized spacial score (nSPS) is 26.4. The van der Waals surface area contributed by atoms with Crippen LogP contribution in [0.2, 0.25) is 0 Å². The third-order valence-electron chi connectivity index (χ3n) is 3.40. The lowest BCUT2D eigenvalue weighted by atomic mass is 9.92. The molecule has 21 heavy (non-hydrogen) atoms. The van der Waals surface area contributed by atoms with Crippen LogP contribution in [-0.2, 0) is 9.59 Å². The Labute approximate surface area is 129 Å². The molecule has 1 aromatic carbocycles. The summed E-state index contributed by atoms with van der Waals surface area (Å²) in [6, 6.07) is 0.864. The average Bonchev–Trinajstić information content (AvgIpc) is 2.54. The number of fused-ring (bicyclic) bond motifs is 1. The summed E-state index contributed by atoms with van der Waals surface area (Å²) >= 11 is 0. The summed E-state index contributed by atoms with van der Waals surface area (Å²) in [7, 11) is 0. The number of aromatic nitrogens is 2. The minimum absolute atomic E-state index is 0.0433. The molecule has 6 heteroatoms. The first-order valence-electron chi connectivity index (χ1n) is 9.22. The van der Waals surface area contributed by atoms with E-state index in [1.807, 2.05) is 0 Å². The van der Waals surface area contributed by atoms with Crippen molar-refractivity contribution in [3.63, 3.8) is 0 Å². The van der Waals surface area contributed by atoms with Crippen LogP contribution in [0.15, 0.2) is 23.0 Å². The summed E-state index contributed by atoms with van der Waals surface area (Å²) in [4.78, 5) is 41.1. The fraction of sp³-hybridized carbons (Fsp3) is 0.333. The predicted octanol–water partition coefficient (Wildman–Crippen LogP) is 1.15. The Morgan fingerprint density at radius 2 is 2.33 bits per heavy atom. The lowest BCUT2D eigenvalue weighted by Crippen LogP contribution is -2.36. The molecule has 0 radical (unpaired) electrons. The van der Waals surface area contributed by atoms with Crippen molar-refractivity contribution in [2.45, 2.75) is 32.1 Å². The van der Waals surface area contributed by atoms with Crippen molar-refractivity contribution in [2.24, 2.45) is 0 Å². The number of nitrogens with two attached hydrogens (primary N) is 1. The monoisotopic (exact) mass is 291 g/mol. The van der Waals surface area contributed by atoms with Crippen molar-refractivity contribution in [3.8, 4) is 0 Å². The number of hydrogen-bond donors (Lipinski definition) is 1. The molecule has 1 aliphatic rings. The average molecular weight is 291 g/mol. The summed E-state index contributed by atoms with van der Waals surface area (Å²) in [5, 5.41) is -0.222. The second-order valence-electron chi connectivity index (χ2n) is 4.73. The fourth-order valence-corrected chi connectivity index (χ4v) is 2.39. The smallest absolute Gasteiger partial charge is 0.264 e. The molecule has 1 atom stereocenters. The van der Waals surface area contributed by atoms with E-state index in [4.69, 9.17) is 14.0 Å². The molecule has 1 unspecified atom stereocenters. The number of benzene rings is 1. The number of rotatable bonds is 1. The largest absolute Gasteiger partial charge is 0.398 e. The molecule has 0 saturated heterocycles. The summed E-state index contributed by atoms with van der Waals surface area (Å²) in [5.74, 6) is -2.39. The second kappa shape index (κ2) is 4.80. The molecule has 1 heterocycles. The Bertz CT molecular complexity index is 1040. The van der Waals surface area contributed by atoms with Crippen LogP contribution in [0.3, 0.4) is 0 Å². The van der Waals surface area contributed by atoms with Crippen LogP contribution in [0.4, 0.5) is 5.69 Å². The first-order chi connectivity index (χ1) is 12.3. The van der Waals surface area contributed by atoms with Gasteiger partial charge in [0.25, 0.3) is 5.56 Å². The minimum atomic E-state index is -2.88. The maximum absolute atomic E-state index is 13.1. The van der Waals surface area contributed by atoms with Crippen molar-refractivity contribution >= 4 is 28.2 Å². The van der Waals surface area contributed by atoms with Crippen molar-refractivity contribution in [1.29, 1.82) is 0 Å². The summed E-state index contributed by atoms with van der Waals surface area (Å²) in [6.07, 6.45) is -3.82. The van der Waals surface area contributed by atoms with E-state index < -0.39 is 55.1 Å². The molecular formula is C15H15N3O3. The Hall–Kier alpha value is -2.50. The number of hydrogen-bond acceptors (Lipinski definition) is 5. The number of nitrogen functional groups attached to an aromatic ring is 1. The Morgan fingerprint density at radius 3 is 3.10 bits per heavy atom. The third-order valence-corrected chi connectivity index (χ3v) is 3.40. The maximum Gasteiger partial charge on any atom is 0.264 e. The number of carbonyl (C=O) groups excluding carboxylic acids is 2. The van der Waals surface area contributed by atoms with Gasteiger partial charge in [-0.05, 0) is 25.4 Å². The molecule has 0 spiro atoms. The fourth-order valence-electron chi connectivity index (χ4n) is 2.39. The highest BCUT2D eigenvalue weighted by Gasteiger charge is 2.30. The predicted molar refractivity (Wildman–Crippen MR) is 78.1 cm³/mol. The van der Waals surface area contributed by atoms with Gasteiger partial charge < -0.3 is 5.73 Å². The van der Waals surface area contributed by atoms with Crippen LogP contribution in [0, 0.1) is 6.85 Å². The number of Topliss-reactive ketones (excluding diaryl/α,β-unsaturated/α-hetero) is 2. The highest BCUT2D eigenvalue weighted by atomic mass is 16.2. The van der Waals surface area contributed by atoms with Crippen molar-refractivity contribution in [2.75, 3.05) is 5.73 Å². The zero-order chi connectivity index (χ0) is 20.3. The van der Waals surface area contributed by atoms with E-state index in [2.05, 4.69) is 4.98 Å². The molecule has 1 aliphatic carbocycles. The van der Waals surface area contributed by atoms with Gasteiger partial charge >= 0.3 is 0 Å². The van der Waals surface area contributed by atoms with Crippen LogP contribution in [0.5, 0.6) is 0 Å². The van der Waals surface area contributed by atoms with Crippen LogP contribution >= 0.6 is 0 Å². The van der Waals surface area contributed by atoms with Gasteiger partial charge in [-0.3, -0.25) is 19.0 Å². The zero-order valence-corrected chi connectivity index (χ0v) is 10.8. The molecule has 2 N–H and O–H groups in total. The molecule has 1 fully saturated rings. The lowest BCUT2D eigenvalue weighted by Gasteiger charge is -2.24. The number of anilines is 1. The van der Waals surface area contributed by atoms with E-state index >= 15 is 0 Å². The molecule has 1 aromatic heterocycles. The van der Waals surface area contributed by atoms with E-state index in [0.29, 0.717) is 4.57 Å². The van der Waals surface area contributed by atoms with E-state index in [-0.39, 0.29) is 22.6 Å². The molecule has 0 amide bonds. The van der Waals surface area contributed by atoms with Crippen LogP contribution in [-0.4, -0.2) is 21.1 Å². The van der Waals surface area contributed by atoms with Gasteiger partial charge in [-0.1, -0.05) is 6.07 Å². The standard InChI is InChI=1S/C15H15N3O3/c1-8-17-11-4-2-3-10(16)14(11)15(21)18(8)12-6-5-9(19)7-13(12)20/h2-4,12H,5-7,16H2,1H3/i1D3,3D,5D2. The first-order valence-corrected chi connectivity index (χ1v) is 6.22. The first kappa shape index (κ1) is 8.07. The van der Waals surface area contributed by atoms with Crippen LogP contribution < -0.4 is 11.3 Å². The van der Waals surface area contributed by atoms with Gasteiger partial charge in [-0.15, -0.1) is 0 Å². The van der Waals surface area contributed by atoms with Crippen molar-refractivity contribution in [3.05, 3.63) is 34.4 Å². The topological polar surface area (TPSA) is 95.0 Å². The molecule has 0 aliphatic heterocycles. The molecule has 3 rings (SSSR count). The Balaban J connectivity index is 2.38. The molecule has 108 valence electrons. The third kappa shape index (κ3) is 2.12. The van der Waals surface area contributed by atoms with Gasteiger partial charge in [0.2, 0.25) is 0 Å². The van der Waals surface area contributed by atoms with E-state index in [9.17, 15) is 14.4 Å². The highest BCUT2D eigenvalue weighted by molar-refractivity contribution is 6.03. The maximum atomic E-state index is 13.1. The number of nitrogens with zero attached hydrogens (tertiary/aromatic N) is 2. The molecule has 6 nitrogen and oxygen atoms in total. The number of ketones is 2. The van der Waals surface area contributed by atoms with Gasteiger partial charge in [-0.2, -0.15) is 0 Å². The van der Waals surface area contributed by atoms with Crippen molar-refractivity contribution < 1.29 is 17.8 Å². The Kier molecular flexibility index (Phi) is 1.84. The SMILES string of the molecule is [2H]c1ccc2nc(C([2H])([2H])[2H])n(C3CC([2H])([2H])C(=O)CC3=O)c(=O)c2c1N. The van der Waals surface area contributed by atoms with E-state index in [1.54, 1.807) is 0 Å². The number of aryl methyl sites for hydroxylation is 1. The second-order valence-corrected chi connectivity index (χ2v) is 4.73. The molecule has 0 bridgehead atoms.